The fourth-order valence-electron chi connectivity index (χ4n) is 1.91. The van der Waals surface area contributed by atoms with Crippen molar-refractivity contribution in [3.05, 3.63) is 59.9 Å². The monoisotopic (exact) mass is 242 g/mol. The number of aryl methyl sites for hydroxylation is 1. The first kappa shape index (κ1) is 12.5. The number of carbonyl (C=O) groups excluding carboxylic acids is 1. The number of halogens is 1. The summed E-state index contributed by atoms with van der Waals surface area (Å²) in [4.78, 5) is 11.0. The molecule has 18 heavy (non-hydrogen) atoms. The molecule has 2 heteroatoms. The molecule has 2 rings (SSSR count). The lowest BCUT2D eigenvalue weighted by molar-refractivity contribution is -0.116. The fourth-order valence-corrected chi connectivity index (χ4v) is 1.91. The highest BCUT2D eigenvalue weighted by molar-refractivity contribution is 5.75. The molecular formula is C16H15FO. The second-order valence-corrected chi connectivity index (χ2v) is 4.38. The van der Waals surface area contributed by atoms with Gasteiger partial charge in [-0.1, -0.05) is 42.5 Å². The van der Waals surface area contributed by atoms with Crippen molar-refractivity contribution in [3.8, 4) is 11.1 Å². The molecule has 0 aliphatic carbocycles. The molecule has 0 saturated heterocycles. The summed E-state index contributed by atoms with van der Waals surface area (Å²) >= 11 is 0. The zero-order chi connectivity index (χ0) is 13.0. The van der Waals surface area contributed by atoms with Crippen molar-refractivity contribution in [2.75, 3.05) is 0 Å². The minimum absolute atomic E-state index is 0.172. The van der Waals surface area contributed by atoms with E-state index in [-0.39, 0.29) is 11.6 Å². The Labute approximate surface area is 106 Å². The van der Waals surface area contributed by atoms with Crippen LogP contribution in [0.15, 0.2) is 48.5 Å². The Morgan fingerprint density at radius 3 is 2.61 bits per heavy atom. The molecule has 0 radical (unpaired) electrons. The van der Waals surface area contributed by atoms with E-state index in [0.717, 1.165) is 11.1 Å². The molecule has 0 saturated carbocycles. The molecule has 0 atom stereocenters. The van der Waals surface area contributed by atoms with Gasteiger partial charge < -0.3 is 4.79 Å². The van der Waals surface area contributed by atoms with Crippen molar-refractivity contribution >= 4 is 5.78 Å². The second kappa shape index (κ2) is 5.58. The summed E-state index contributed by atoms with van der Waals surface area (Å²) in [5.74, 6) is -0.0486. The minimum Gasteiger partial charge on any atom is -0.300 e. The maximum Gasteiger partial charge on any atom is 0.131 e. The van der Waals surface area contributed by atoms with E-state index in [0.29, 0.717) is 18.4 Å². The van der Waals surface area contributed by atoms with Gasteiger partial charge in [-0.2, -0.15) is 0 Å². The van der Waals surface area contributed by atoms with Crippen LogP contribution in [0.1, 0.15) is 18.9 Å². The second-order valence-electron chi connectivity index (χ2n) is 4.38. The Kier molecular flexibility index (Phi) is 3.88. The molecule has 0 aromatic heterocycles. The van der Waals surface area contributed by atoms with Crippen molar-refractivity contribution in [3.63, 3.8) is 0 Å². The van der Waals surface area contributed by atoms with Gasteiger partial charge in [0.25, 0.3) is 0 Å². The van der Waals surface area contributed by atoms with Gasteiger partial charge in [0.2, 0.25) is 0 Å². The highest BCUT2D eigenvalue weighted by Crippen LogP contribution is 2.23. The summed E-state index contributed by atoms with van der Waals surface area (Å²) in [6.45, 7) is 1.58. The Hall–Kier alpha value is -1.96. The molecule has 92 valence electrons. The molecule has 0 fully saturated rings. The maximum absolute atomic E-state index is 13.7. The van der Waals surface area contributed by atoms with Crippen LogP contribution in [0, 0.1) is 5.82 Å². The highest BCUT2D eigenvalue weighted by atomic mass is 19.1. The van der Waals surface area contributed by atoms with E-state index >= 15 is 0 Å². The van der Waals surface area contributed by atoms with Gasteiger partial charge in [-0.15, -0.1) is 0 Å². The molecule has 2 aromatic rings. The number of carbonyl (C=O) groups is 1. The molecule has 0 unspecified atom stereocenters. The lowest BCUT2D eigenvalue weighted by atomic mass is 10.00. The Bertz CT molecular complexity index is 561. The van der Waals surface area contributed by atoms with Gasteiger partial charge in [-0.05, 0) is 30.5 Å². The van der Waals surface area contributed by atoms with Gasteiger partial charge in [0, 0.05) is 12.0 Å². The summed E-state index contributed by atoms with van der Waals surface area (Å²) in [7, 11) is 0. The highest BCUT2D eigenvalue weighted by Gasteiger charge is 2.05. The molecule has 2 aromatic carbocycles. The lowest BCUT2D eigenvalue weighted by Crippen LogP contribution is -1.94. The fraction of sp³-hybridized carbons (Fsp3) is 0.188. The van der Waals surface area contributed by atoms with Crippen LogP contribution in [0.3, 0.4) is 0 Å². The van der Waals surface area contributed by atoms with Crippen LogP contribution < -0.4 is 0 Å². The summed E-state index contributed by atoms with van der Waals surface area (Å²) < 4.78 is 13.7. The summed E-state index contributed by atoms with van der Waals surface area (Å²) in [6, 6.07) is 14.4. The quantitative estimate of drug-likeness (QED) is 0.791. The van der Waals surface area contributed by atoms with Gasteiger partial charge in [0.1, 0.15) is 11.6 Å². The largest absolute Gasteiger partial charge is 0.300 e. The minimum atomic E-state index is -0.221. The SMILES string of the molecule is CC(=O)CCc1cccc(-c2ccccc2F)c1. The first-order valence-electron chi connectivity index (χ1n) is 6.00. The van der Waals surface area contributed by atoms with Crippen molar-refractivity contribution in [2.45, 2.75) is 19.8 Å². The van der Waals surface area contributed by atoms with E-state index < -0.39 is 0 Å². The molecule has 0 aliphatic heterocycles. The number of hydrogen-bond donors (Lipinski definition) is 0. The Morgan fingerprint density at radius 1 is 1.11 bits per heavy atom. The third-order valence-electron chi connectivity index (χ3n) is 2.88. The van der Waals surface area contributed by atoms with Crippen molar-refractivity contribution < 1.29 is 9.18 Å². The van der Waals surface area contributed by atoms with E-state index in [9.17, 15) is 9.18 Å². The standard InChI is InChI=1S/C16H15FO/c1-12(18)9-10-13-5-4-6-14(11-13)15-7-2-3-8-16(15)17/h2-8,11H,9-10H2,1H3. The number of rotatable bonds is 4. The molecule has 0 bridgehead atoms. The molecule has 0 heterocycles. The van der Waals surface area contributed by atoms with Gasteiger partial charge in [0.05, 0.1) is 0 Å². The van der Waals surface area contributed by atoms with Crippen LogP contribution in [-0.2, 0) is 11.2 Å². The van der Waals surface area contributed by atoms with Crippen LogP contribution in [0.25, 0.3) is 11.1 Å². The third kappa shape index (κ3) is 3.04. The maximum atomic E-state index is 13.7. The smallest absolute Gasteiger partial charge is 0.131 e. The average molecular weight is 242 g/mol. The van der Waals surface area contributed by atoms with Crippen LogP contribution in [-0.4, -0.2) is 5.78 Å². The number of Topliss-reactive ketones (excluding diaryl/α,β-unsaturated/α-hetero) is 1. The van der Waals surface area contributed by atoms with E-state index in [1.165, 1.54) is 6.07 Å². The van der Waals surface area contributed by atoms with Gasteiger partial charge in [0.15, 0.2) is 0 Å². The molecule has 0 amide bonds. The third-order valence-corrected chi connectivity index (χ3v) is 2.88. The lowest BCUT2D eigenvalue weighted by Gasteiger charge is -2.06. The van der Waals surface area contributed by atoms with E-state index in [1.54, 1.807) is 19.1 Å². The van der Waals surface area contributed by atoms with Crippen LogP contribution >= 0.6 is 0 Å². The predicted octanol–water partition coefficient (Wildman–Crippen LogP) is 4.01. The zero-order valence-electron chi connectivity index (χ0n) is 10.3. The van der Waals surface area contributed by atoms with E-state index in [4.69, 9.17) is 0 Å². The Morgan fingerprint density at radius 2 is 1.89 bits per heavy atom. The normalized spacial score (nSPS) is 10.3. The van der Waals surface area contributed by atoms with Crippen molar-refractivity contribution in [1.29, 1.82) is 0 Å². The van der Waals surface area contributed by atoms with E-state index in [1.807, 2.05) is 30.3 Å². The van der Waals surface area contributed by atoms with Crippen molar-refractivity contribution in [2.24, 2.45) is 0 Å². The number of benzene rings is 2. The number of ketones is 1. The van der Waals surface area contributed by atoms with Gasteiger partial charge in [-0.3, -0.25) is 0 Å². The first-order chi connectivity index (χ1) is 8.66. The molecule has 1 nitrogen and oxygen atoms in total. The average Bonchev–Trinajstić information content (AvgIpc) is 2.37. The van der Waals surface area contributed by atoms with Crippen LogP contribution in [0.5, 0.6) is 0 Å². The Balaban J connectivity index is 2.27. The van der Waals surface area contributed by atoms with E-state index in [2.05, 4.69) is 0 Å². The predicted molar refractivity (Wildman–Crippen MR) is 70.8 cm³/mol. The van der Waals surface area contributed by atoms with Crippen LogP contribution in [0.2, 0.25) is 0 Å². The van der Waals surface area contributed by atoms with Gasteiger partial charge in [-0.25, -0.2) is 4.39 Å². The summed E-state index contributed by atoms with van der Waals surface area (Å²) in [5.41, 5.74) is 2.52. The van der Waals surface area contributed by atoms with Gasteiger partial charge >= 0.3 is 0 Å². The molecule has 0 spiro atoms. The molecular weight excluding hydrogens is 227 g/mol. The summed E-state index contributed by atoms with van der Waals surface area (Å²) in [5, 5.41) is 0. The molecule has 0 N–H and O–H groups in total. The van der Waals surface area contributed by atoms with Crippen molar-refractivity contribution in [1.82, 2.24) is 0 Å². The van der Waals surface area contributed by atoms with Crippen LogP contribution in [0.4, 0.5) is 4.39 Å². The summed E-state index contributed by atoms with van der Waals surface area (Å²) in [6.07, 6.45) is 1.23. The zero-order valence-corrected chi connectivity index (χ0v) is 10.3. The number of hydrogen-bond acceptors (Lipinski definition) is 1. The topological polar surface area (TPSA) is 17.1 Å². The first-order valence-corrected chi connectivity index (χ1v) is 6.00. The molecule has 0 aliphatic rings.